The van der Waals surface area contributed by atoms with Gasteiger partial charge in [0.05, 0.1) is 7.50 Å². The molecule has 0 aromatic rings. The number of carbonyl (C=O) groups is 2. The molecule has 0 aromatic carbocycles. The molecule has 6 heteroatoms. The van der Waals surface area contributed by atoms with E-state index in [1.165, 1.54) is 0 Å². The second-order valence-electron chi connectivity index (χ2n) is 2.33. The van der Waals surface area contributed by atoms with Crippen LogP contribution < -0.4 is 0 Å². The number of hydrogen-bond acceptors (Lipinski definition) is 4. The van der Waals surface area contributed by atoms with Crippen LogP contribution >= 0.6 is 45.2 Å². The fourth-order valence-corrected chi connectivity index (χ4v) is 2.49. The van der Waals surface area contributed by atoms with Gasteiger partial charge in [0.2, 0.25) is 0 Å². The van der Waals surface area contributed by atoms with E-state index < -0.39 is 11.9 Å². The first-order valence-corrected chi connectivity index (χ1v) is 5.40. The zero-order valence-electron chi connectivity index (χ0n) is 5.54. The molecule has 0 N–H and O–H groups in total. The van der Waals surface area contributed by atoms with Gasteiger partial charge in [0, 0.05) is 0 Å². The van der Waals surface area contributed by atoms with Crippen molar-refractivity contribution in [1.82, 2.24) is 0 Å². The highest BCUT2D eigenvalue weighted by Crippen LogP contribution is 2.43. The standard InChI is InChI=1S/C6H2I2O4/c7-1-2(8)4-3(1)11-5(9)6(10)12-4/h1,3H. The molecule has 0 aromatic heterocycles. The number of fused-ring (bicyclic) bond motifs is 1. The normalized spacial score (nSPS) is 33.5. The molecular formula is C6H2I2O4. The first-order chi connectivity index (χ1) is 5.61. The van der Waals surface area contributed by atoms with Gasteiger partial charge in [0.1, 0.15) is 0 Å². The van der Waals surface area contributed by atoms with E-state index in [1.807, 2.05) is 0 Å². The van der Waals surface area contributed by atoms with E-state index in [1.54, 1.807) is 0 Å². The molecule has 2 unspecified atom stereocenters. The first-order valence-electron chi connectivity index (χ1n) is 3.07. The Morgan fingerprint density at radius 2 is 1.92 bits per heavy atom. The van der Waals surface area contributed by atoms with Crippen LogP contribution in [0.1, 0.15) is 0 Å². The molecule has 0 radical (unpaired) electrons. The van der Waals surface area contributed by atoms with Crippen LogP contribution in [0.25, 0.3) is 0 Å². The molecule has 0 amide bonds. The van der Waals surface area contributed by atoms with Crippen molar-refractivity contribution in [2.45, 2.75) is 10.0 Å². The third kappa shape index (κ3) is 1.07. The van der Waals surface area contributed by atoms with E-state index in [2.05, 4.69) is 45.2 Å². The Labute approximate surface area is 94.9 Å². The quantitative estimate of drug-likeness (QED) is 0.267. The topological polar surface area (TPSA) is 52.6 Å². The summed E-state index contributed by atoms with van der Waals surface area (Å²) in [5, 5.41) is 0. The summed E-state index contributed by atoms with van der Waals surface area (Å²) in [6.45, 7) is 0. The van der Waals surface area contributed by atoms with Gasteiger partial charge in [-0.15, -0.1) is 0 Å². The van der Waals surface area contributed by atoms with Crippen molar-refractivity contribution in [3.05, 3.63) is 9.34 Å². The minimum Gasteiger partial charge on any atom is -0.444 e. The number of esters is 2. The zero-order chi connectivity index (χ0) is 8.88. The van der Waals surface area contributed by atoms with E-state index in [4.69, 9.17) is 9.47 Å². The van der Waals surface area contributed by atoms with Crippen LogP contribution in [0.3, 0.4) is 0 Å². The van der Waals surface area contributed by atoms with E-state index >= 15 is 0 Å². The molecule has 12 heavy (non-hydrogen) atoms. The molecule has 2 aliphatic rings. The predicted molar refractivity (Wildman–Crippen MR) is 54.8 cm³/mol. The Morgan fingerprint density at radius 3 is 2.58 bits per heavy atom. The lowest BCUT2D eigenvalue weighted by Crippen LogP contribution is -2.47. The largest absolute Gasteiger partial charge is 0.444 e. The lowest BCUT2D eigenvalue weighted by molar-refractivity contribution is -0.178. The fraction of sp³-hybridized carbons (Fsp3) is 0.333. The van der Waals surface area contributed by atoms with Gasteiger partial charge in [-0.3, -0.25) is 0 Å². The van der Waals surface area contributed by atoms with Crippen molar-refractivity contribution in [2.24, 2.45) is 0 Å². The van der Waals surface area contributed by atoms with Crippen molar-refractivity contribution >= 4 is 57.1 Å². The summed E-state index contributed by atoms with van der Waals surface area (Å²) >= 11 is 4.21. The molecule has 1 aliphatic heterocycles. The molecule has 1 heterocycles. The van der Waals surface area contributed by atoms with Gasteiger partial charge in [0.25, 0.3) is 0 Å². The van der Waals surface area contributed by atoms with Crippen LogP contribution in [0.2, 0.25) is 0 Å². The summed E-state index contributed by atoms with van der Waals surface area (Å²) in [6, 6.07) is 0. The van der Waals surface area contributed by atoms with E-state index in [0.29, 0.717) is 5.76 Å². The molecule has 0 bridgehead atoms. The van der Waals surface area contributed by atoms with Gasteiger partial charge < -0.3 is 9.47 Å². The maximum Gasteiger partial charge on any atom is 0.422 e. The molecule has 64 valence electrons. The highest BCUT2D eigenvalue weighted by Gasteiger charge is 2.48. The average Bonchev–Trinajstić information content (AvgIpc) is 2.08. The lowest BCUT2D eigenvalue weighted by atomic mass is 10.0. The third-order valence-corrected chi connectivity index (χ3v) is 5.28. The Morgan fingerprint density at radius 1 is 1.25 bits per heavy atom. The fourth-order valence-electron chi connectivity index (χ4n) is 0.966. The van der Waals surface area contributed by atoms with Gasteiger partial charge in [-0.05, 0) is 22.6 Å². The van der Waals surface area contributed by atoms with Crippen molar-refractivity contribution in [3.8, 4) is 0 Å². The van der Waals surface area contributed by atoms with Crippen molar-refractivity contribution < 1.29 is 19.1 Å². The van der Waals surface area contributed by atoms with E-state index in [0.717, 1.165) is 3.58 Å². The van der Waals surface area contributed by atoms with Crippen LogP contribution in [0.5, 0.6) is 0 Å². The summed E-state index contributed by atoms with van der Waals surface area (Å²) in [7, 11) is 0. The Hall–Kier alpha value is 0.140. The lowest BCUT2D eigenvalue weighted by Gasteiger charge is -2.36. The molecule has 1 fully saturated rings. The smallest absolute Gasteiger partial charge is 0.422 e. The highest BCUT2D eigenvalue weighted by atomic mass is 127. The number of ether oxygens (including phenoxy) is 2. The Kier molecular flexibility index (Phi) is 2.05. The summed E-state index contributed by atoms with van der Waals surface area (Å²) in [5.74, 6) is -1.31. The highest BCUT2D eigenvalue weighted by molar-refractivity contribution is 14.1. The number of rotatable bonds is 0. The Bertz CT molecular complexity index is 309. The molecule has 2 rings (SSSR count). The minimum absolute atomic E-state index is 0.134. The van der Waals surface area contributed by atoms with Gasteiger partial charge in [-0.1, -0.05) is 22.6 Å². The van der Waals surface area contributed by atoms with Crippen molar-refractivity contribution in [3.63, 3.8) is 0 Å². The summed E-state index contributed by atoms with van der Waals surface area (Å²) in [5.41, 5.74) is 0. The average molecular weight is 392 g/mol. The third-order valence-electron chi connectivity index (χ3n) is 1.61. The number of hydrogen-bond donors (Lipinski definition) is 0. The minimum atomic E-state index is -0.918. The molecular weight excluding hydrogens is 390 g/mol. The second kappa shape index (κ2) is 2.82. The van der Waals surface area contributed by atoms with Gasteiger partial charge in [-0.2, -0.15) is 0 Å². The molecule has 1 aliphatic carbocycles. The Balaban J connectivity index is 2.29. The SMILES string of the molecule is O=C1OC2=C(I)C(I)C2OC1=O. The van der Waals surface area contributed by atoms with Crippen LogP contribution in [-0.4, -0.2) is 22.0 Å². The summed E-state index contributed by atoms with van der Waals surface area (Å²) < 4.78 is 10.6. The van der Waals surface area contributed by atoms with Crippen LogP contribution in [0, 0.1) is 0 Å². The predicted octanol–water partition coefficient (Wildman–Crippen LogP) is 0.919. The second-order valence-corrected chi connectivity index (χ2v) is 4.83. The first kappa shape index (κ1) is 8.73. The van der Waals surface area contributed by atoms with Crippen LogP contribution in [0.15, 0.2) is 9.34 Å². The number of halogens is 2. The van der Waals surface area contributed by atoms with Crippen molar-refractivity contribution in [2.75, 3.05) is 0 Å². The van der Waals surface area contributed by atoms with Crippen LogP contribution in [-0.2, 0) is 19.1 Å². The summed E-state index contributed by atoms with van der Waals surface area (Å²) in [6.07, 6.45) is -0.345. The maximum absolute atomic E-state index is 10.7. The van der Waals surface area contributed by atoms with E-state index in [-0.39, 0.29) is 10.0 Å². The number of alkyl halides is 1. The van der Waals surface area contributed by atoms with Crippen LogP contribution in [0.4, 0.5) is 0 Å². The van der Waals surface area contributed by atoms with Gasteiger partial charge >= 0.3 is 11.9 Å². The molecule has 0 saturated carbocycles. The molecule has 1 saturated heterocycles. The monoisotopic (exact) mass is 392 g/mol. The molecule has 0 spiro atoms. The molecule has 2 atom stereocenters. The van der Waals surface area contributed by atoms with E-state index in [9.17, 15) is 9.59 Å². The van der Waals surface area contributed by atoms with Gasteiger partial charge in [0.15, 0.2) is 11.9 Å². The number of carbonyl (C=O) groups excluding carboxylic acids is 2. The zero-order valence-corrected chi connectivity index (χ0v) is 9.86. The molecule has 4 nitrogen and oxygen atoms in total. The summed E-state index contributed by atoms with van der Waals surface area (Å²) in [4.78, 5) is 21.4. The van der Waals surface area contributed by atoms with Crippen molar-refractivity contribution in [1.29, 1.82) is 0 Å². The maximum atomic E-state index is 10.7. The van der Waals surface area contributed by atoms with Gasteiger partial charge in [-0.25, -0.2) is 9.59 Å².